The number of hydrogen-bond acceptors (Lipinski definition) is 4. The molecule has 162 valence electrons. The number of rotatable bonds is 10. The lowest BCUT2D eigenvalue weighted by molar-refractivity contribution is -0.862. The first-order valence-electron chi connectivity index (χ1n) is 9.33. The van der Waals surface area contributed by atoms with E-state index in [1.54, 1.807) is 13.1 Å². The number of aryl methyl sites for hydroxylation is 1. The van der Waals surface area contributed by atoms with Gasteiger partial charge in [-0.2, -0.15) is 8.78 Å². The summed E-state index contributed by atoms with van der Waals surface area (Å²) in [6.07, 6.45) is 0. The van der Waals surface area contributed by atoms with E-state index in [-0.39, 0.29) is 42.9 Å². The zero-order chi connectivity index (χ0) is 22.1. The first-order chi connectivity index (χ1) is 14.3. The van der Waals surface area contributed by atoms with Crippen molar-refractivity contribution in [2.45, 2.75) is 20.1 Å². The predicted molar refractivity (Wildman–Crippen MR) is 108 cm³/mol. The van der Waals surface area contributed by atoms with E-state index in [2.05, 4.69) is 15.4 Å². The largest absolute Gasteiger partial charge is 0.493 e. The van der Waals surface area contributed by atoms with Crippen LogP contribution in [0.3, 0.4) is 0 Å². The normalized spacial score (nSPS) is 11.7. The highest BCUT2D eigenvalue weighted by Crippen LogP contribution is 2.29. The number of benzene rings is 2. The number of likely N-dealkylation sites (N-methyl/N-ethyl adjacent to an activating group) is 1. The Labute approximate surface area is 174 Å². The topological polar surface area (TPSA) is 81.1 Å². The van der Waals surface area contributed by atoms with Gasteiger partial charge in [0.25, 0.3) is 11.8 Å². The van der Waals surface area contributed by atoms with Crippen LogP contribution >= 0.6 is 0 Å². The average molecular weight is 422 g/mol. The Morgan fingerprint density at radius 1 is 1.03 bits per heavy atom. The van der Waals surface area contributed by atoms with Crippen molar-refractivity contribution in [2.75, 3.05) is 32.6 Å². The van der Waals surface area contributed by atoms with Gasteiger partial charge in [-0.3, -0.25) is 9.59 Å². The molecule has 7 nitrogen and oxygen atoms in total. The van der Waals surface area contributed by atoms with Gasteiger partial charge in [-0.15, -0.1) is 0 Å². The van der Waals surface area contributed by atoms with Gasteiger partial charge in [0.1, 0.15) is 0 Å². The van der Waals surface area contributed by atoms with Gasteiger partial charge in [-0.25, -0.2) is 0 Å². The summed E-state index contributed by atoms with van der Waals surface area (Å²) in [5, 5.41) is 5.53. The number of alkyl halides is 2. The van der Waals surface area contributed by atoms with Gasteiger partial charge in [-0.05, 0) is 36.8 Å². The molecule has 0 radical (unpaired) electrons. The third-order valence-electron chi connectivity index (χ3n) is 4.19. The van der Waals surface area contributed by atoms with Crippen LogP contribution in [0.1, 0.15) is 11.1 Å². The third kappa shape index (κ3) is 7.67. The van der Waals surface area contributed by atoms with Crippen molar-refractivity contribution in [3.05, 3.63) is 53.6 Å². The molecule has 2 amide bonds. The van der Waals surface area contributed by atoms with Crippen molar-refractivity contribution in [3.63, 3.8) is 0 Å². The first kappa shape index (κ1) is 23.1. The molecule has 0 aliphatic carbocycles. The molecule has 0 aliphatic heterocycles. The molecule has 0 saturated carbocycles. The number of carbonyl (C=O) groups is 2. The average Bonchev–Trinajstić information content (AvgIpc) is 2.68. The molecular formula is C21H26F2N3O4+. The van der Waals surface area contributed by atoms with Gasteiger partial charge in [-0.1, -0.05) is 23.8 Å². The highest BCUT2D eigenvalue weighted by atomic mass is 19.3. The van der Waals surface area contributed by atoms with Crippen molar-refractivity contribution in [1.29, 1.82) is 0 Å². The quantitative estimate of drug-likeness (QED) is 0.540. The molecule has 0 aliphatic rings. The highest BCUT2D eigenvalue weighted by molar-refractivity contribution is 5.91. The smallest absolute Gasteiger partial charge is 0.387 e. The van der Waals surface area contributed by atoms with Crippen molar-refractivity contribution < 1.29 is 32.7 Å². The zero-order valence-corrected chi connectivity index (χ0v) is 17.1. The molecule has 1 unspecified atom stereocenters. The Balaban J connectivity index is 1.79. The predicted octanol–water partition coefficient (Wildman–Crippen LogP) is 1.37. The lowest BCUT2D eigenvalue weighted by Gasteiger charge is -2.14. The number of quaternary nitrogens is 1. The van der Waals surface area contributed by atoms with E-state index >= 15 is 0 Å². The Hall–Kier alpha value is -3.20. The maximum Gasteiger partial charge on any atom is 0.387 e. The number of methoxy groups -OCH3 is 1. The Morgan fingerprint density at radius 3 is 2.33 bits per heavy atom. The fourth-order valence-electron chi connectivity index (χ4n) is 2.73. The first-order valence-corrected chi connectivity index (χ1v) is 9.33. The van der Waals surface area contributed by atoms with E-state index in [1.165, 1.54) is 19.2 Å². The summed E-state index contributed by atoms with van der Waals surface area (Å²) in [5.41, 5.74) is 2.47. The number of amides is 2. The summed E-state index contributed by atoms with van der Waals surface area (Å²) in [7, 11) is 3.09. The summed E-state index contributed by atoms with van der Waals surface area (Å²) in [5.74, 6) is -0.366. The minimum atomic E-state index is -2.95. The van der Waals surface area contributed by atoms with Gasteiger partial charge in [0, 0.05) is 12.2 Å². The van der Waals surface area contributed by atoms with Gasteiger partial charge in [0.05, 0.1) is 14.2 Å². The summed E-state index contributed by atoms with van der Waals surface area (Å²) in [6.45, 7) is -0.567. The maximum atomic E-state index is 12.4. The van der Waals surface area contributed by atoms with Crippen LogP contribution < -0.4 is 25.0 Å². The number of ether oxygens (including phenoxy) is 2. The van der Waals surface area contributed by atoms with Gasteiger partial charge in [0.15, 0.2) is 24.6 Å². The van der Waals surface area contributed by atoms with Crippen molar-refractivity contribution in [2.24, 2.45) is 0 Å². The van der Waals surface area contributed by atoms with E-state index in [9.17, 15) is 18.4 Å². The molecule has 0 heterocycles. The van der Waals surface area contributed by atoms with Crippen LogP contribution in [0.15, 0.2) is 42.5 Å². The van der Waals surface area contributed by atoms with Gasteiger partial charge in [0.2, 0.25) is 0 Å². The molecule has 0 saturated heterocycles. The molecule has 0 fully saturated rings. The molecule has 0 spiro atoms. The molecule has 2 aromatic rings. The molecule has 1 atom stereocenters. The lowest BCUT2D eigenvalue weighted by Crippen LogP contribution is -3.11. The number of nitrogens with one attached hydrogen (secondary N) is 3. The van der Waals surface area contributed by atoms with Crippen LogP contribution in [0.4, 0.5) is 14.5 Å². The fraction of sp³-hybridized carbons (Fsp3) is 0.333. The minimum Gasteiger partial charge on any atom is -0.493 e. The standard InChI is InChI=1S/C21H25F2N3O4/c1-14-4-7-16(8-5-14)25-20(28)13-26(2)12-19(27)24-11-15-6-9-17(30-21(22)23)18(10-15)29-3/h4-10,21H,11-13H2,1-3H3,(H,24,27)(H,25,28)/p+1. The molecule has 3 N–H and O–H groups in total. The summed E-state index contributed by atoms with van der Waals surface area (Å²) >= 11 is 0. The van der Waals surface area contributed by atoms with Crippen LogP contribution in [0, 0.1) is 6.92 Å². The van der Waals surface area contributed by atoms with Crippen molar-refractivity contribution in [1.82, 2.24) is 5.32 Å². The summed E-state index contributed by atoms with van der Waals surface area (Å²) < 4.78 is 34.2. The molecule has 0 bridgehead atoms. The third-order valence-corrected chi connectivity index (χ3v) is 4.19. The molecular weight excluding hydrogens is 396 g/mol. The van der Waals surface area contributed by atoms with Crippen molar-refractivity contribution in [3.8, 4) is 11.5 Å². The van der Waals surface area contributed by atoms with E-state index in [0.717, 1.165) is 10.5 Å². The zero-order valence-electron chi connectivity index (χ0n) is 17.1. The van der Waals surface area contributed by atoms with Gasteiger partial charge < -0.3 is 25.0 Å². The van der Waals surface area contributed by atoms with E-state index in [0.29, 0.717) is 11.3 Å². The molecule has 2 rings (SSSR count). The maximum absolute atomic E-state index is 12.4. The number of hydrogen-bond donors (Lipinski definition) is 3. The lowest BCUT2D eigenvalue weighted by atomic mass is 10.2. The molecule has 30 heavy (non-hydrogen) atoms. The number of halogens is 2. The molecule has 2 aromatic carbocycles. The Kier molecular flexibility index (Phi) is 8.54. The second-order valence-corrected chi connectivity index (χ2v) is 6.87. The summed E-state index contributed by atoms with van der Waals surface area (Å²) in [4.78, 5) is 25.0. The summed E-state index contributed by atoms with van der Waals surface area (Å²) in [6, 6.07) is 11.9. The molecule has 0 aromatic heterocycles. The van der Waals surface area contributed by atoms with E-state index in [1.807, 2.05) is 31.2 Å². The monoisotopic (exact) mass is 422 g/mol. The fourth-order valence-corrected chi connectivity index (χ4v) is 2.73. The van der Waals surface area contributed by atoms with Crippen LogP contribution in [0.2, 0.25) is 0 Å². The second kappa shape index (κ2) is 11.1. The number of anilines is 1. The number of carbonyl (C=O) groups excluding carboxylic acids is 2. The van der Waals surface area contributed by atoms with Crippen molar-refractivity contribution >= 4 is 17.5 Å². The Morgan fingerprint density at radius 2 is 1.70 bits per heavy atom. The Bertz CT molecular complexity index is 860. The minimum absolute atomic E-state index is 0.0775. The highest BCUT2D eigenvalue weighted by Gasteiger charge is 2.15. The van der Waals surface area contributed by atoms with Crippen LogP contribution in [0.5, 0.6) is 11.5 Å². The van der Waals surface area contributed by atoms with E-state index in [4.69, 9.17) is 4.74 Å². The van der Waals surface area contributed by atoms with Crippen LogP contribution in [-0.4, -0.2) is 45.7 Å². The van der Waals surface area contributed by atoms with Crippen LogP contribution in [0.25, 0.3) is 0 Å². The molecule has 9 heteroatoms. The second-order valence-electron chi connectivity index (χ2n) is 6.87. The van der Waals surface area contributed by atoms with E-state index < -0.39 is 6.61 Å². The van der Waals surface area contributed by atoms with Crippen LogP contribution in [-0.2, 0) is 16.1 Å². The van der Waals surface area contributed by atoms with Gasteiger partial charge >= 0.3 is 6.61 Å². The SMILES string of the molecule is COc1cc(CNC(=O)C[NH+](C)CC(=O)Nc2ccc(C)cc2)ccc1OC(F)F.